The molecule has 3 aliphatic heterocycles. The van der Waals surface area contributed by atoms with Gasteiger partial charge >= 0.3 is 0 Å². The van der Waals surface area contributed by atoms with E-state index in [9.17, 15) is 5.11 Å². The van der Waals surface area contributed by atoms with E-state index in [1.54, 1.807) is 6.07 Å². The highest BCUT2D eigenvalue weighted by atomic mass is 16.5. The van der Waals surface area contributed by atoms with Gasteiger partial charge in [-0.15, -0.1) is 10.2 Å². The first-order valence-electron chi connectivity index (χ1n) is 9.38. The molecular weight excluding hydrogens is 330 g/mol. The quantitative estimate of drug-likeness (QED) is 0.883. The van der Waals surface area contributed by atoms with Crippen molar-refractivity contribution in [3.8, 4) is 17.0 Å². The Morgan fingerprint density at radius 2 is 2.12 bits per heavy atom. The third-order valence-electron chi connectivity index (χ3n) is 5.66. The zero-order chi connectivity index (χ0) is 17.7. The summed E-state index contributed by atoms with van der Waals surface area (Å²) < 4.78 is 11.6. The Morgan fingerprint density at radius 1 is 1.19 bits per heavy atom. The smallest absolute Gasteiger partial charge is 0.155 e. The number of phenols is 1. The molecule has 3 atom stereocenters. The summed E-state index contributed by atoms with van der Waals surface area (Å²) >= 11 is 0. The average Bonchev–Trinajstić information content (AvgIpc) is 3.26. The van der Waals surface area contributed by atoms with Crippen LogP contribution in [0, 0.1) is 6.92 Å². The van der Waals surface area contributed by atoms with Gasteiger partial charge in [0.1, 0.15) is 11.4 Å². The summed E-state index contributed by atoms with van der Waals surface area (Å²) in [5.41, 5.74) is 4.84. The van der Waals surface area contributed by atoms with Gasteiger partial charge in [-0.25, -0.2) is 0 Å². The second-order valence-electron chi connectivity index (χ2n) is 7.54. The van der Waals surface area contributed by atoms with Crippen LogP contribution in [0.15, 0.2) is 18.2 Å². The standard InChI is InChI=1S/C20H23N3O3/c1-11-2-4-14(16(24)8-11)19-15-9-13-3-5-17(26-13)18(15)20(23-22-19)21-12-6-7-25-10-12/h2,4,8,12-13,17,24H,3,5-7,9-10H2,1H3,(H,21,23)/t12-,13?,17?/m1/s1. The molecule has 5 rings (SSSR count). The number of hydrogen-bond donors (Lipinski definition) is 2. The first kappa shape index (κ1) is 16.0. The molecule has 0 amide bonds. The maximum atomic E-state index is 10.5. The van der Waals surface area contributed by atoms with Crippen molar-refractivity contribution >= 4 is 5.82 Å². The molecule has 4 heterocycles. The van der Waals surface area contributed by atoms with Crippen LogP contribution in [0.1, 0.15) is 42.1 Å². The van der Waals surface area contributed by atoms with Crippen LogP contribution in [0.5, 0.6) is 5.75 Å². The number of nitrogens with zero attached hydrogens (tertiary/aromatic N) is 2. The zero-order valence-corrected chi connectivity index (χ0v) is 14.9. The van der Waals surface area contributed by atoms with E-state index in [2.05, 4.69) is 15.5 Å². The van der Waals surface area contributed by atoms with Crippen LogP contribution in [0.2, 0.25) is 0 Å². The van der Waals surface area contributed by atoms with E-state index in [4.69, 9.17) is 9.47 Å². The van der Waals surface area contributed by atoms with Gasteiger partial charge in [0.05, 0.1) is 24.9 Å². The number of anilines is 1. The van der Waals surface area contributed by atoms with Gasteiger partial charge in [0.2, 0.25) is 0 Å². The Morgan fingerprint density at radius 3 is 2.92 bits per heavy atom. The molecule has 6 nitrogen and oxygen atoms in total. The first-order valence-corrected chi connectivity index (χ1v) is 9.38. The molecule has 2 aromatic rings. The Kier molecular flexibility index (Phi) is 3.83. The van der Waals surface area contributed by atoms with E-state index in [1.807, 2.05) is 19.1 Å². The monoisotopic (exact) mass is 353 g/mol. The van der Waals surface area contributed by atoms with Crippen molar-refractivity contribution in [1.82, 2.24) is 10.2 Å². The Balaban J connectivity index is 1.62. The maximum Gasteiger partial charge on any atom is 0.155 e. The zero-order valence-electron chi connectivity index (χ0n) is 14.9. The number of benzene rings is 1. The summed E-state index contributed by atoms with van der Waals surface area (Å²) in [6.07, 6.45) is 4.18. The topological polar surface area (TPSA) is 76.5 Å². The van der Waals surface area contributed by atoms with Gasteiger partial charge in [-0.2, -0.15) is 0 Å². The van der Waals surface area contributed by atoms with Crippen molar-refractivity contribution in [3.05, 3.63) is 34.9 Å². The third kappa shape index (κ3) is 2.64. The molecule has 1 aromatic carbocycles. The number of ether oxygens (including phenoxy) is 2. The van der Waals surface area contributed by atoms with Crippen molar-refractivity contribution < 1.29 is 14.6 Å². The van der Waals surface area contributed by atoms with Crippen molar-refractivity contribution in [1.29, 1.82) is 0 Å². The molecular formula is C20H23N3O3. The summed E-state index contributed by atoms with van der Waals surface area (Å²) in [4.78, 5) is 0. The Hall–Kier alpha value is -2.18. The van der Waals surface area contributed by atoms with E-state index in [0.717, 1.165) is 60.5 Å². The Labute approximate surface area is 152 Å². The third-order valence-corrected chi connectivity index (χ3v) is 5.66. The lowest BCUT2D eigenvalue weighted by molar-refractivity contribution is 0.0325. The highest BCUT2D eigenvalue weighted by molar-refractivity contribution is 5.73. The minimum Gasteiger partial charge on any atom is -0.507 e. The molecule has 2 fully saturated rings. The molecule has 2 N–H and O–H groups in total. The molecule has 1 aromatic heterocycles. The van der Waals surface area contributed by atoms with Gasteiger partial charge in [0.25, 0.3) is 0 Å². The summed E-state index contributed by atoms with van der Waals surface area (Å²) in [5.74, 6) is 1.07. The van der Waals surface area contributed by atoms with Crippen LogP contribution in [0.25, 0.3) is 11.3 Å². The van der Waals surface area contributed by atoms with Gasteiger partial charge in [0.15, 0.2) is 5.82 Å². The molecule has 0 radical (unpaired) electrons. The summed E-state index contributed by atoms with van der Waals surface area (Å²) in [5, 5.41) is 23.0. The molecule has 136 valence electrons. The van der Waals surface area contributed by atoms with E-state index in [0.29, 0.717) is 6.61 Å². The second-order valence-corrected chi connectivity index (χ2v) is 7.54. The van der Waals surface area contributed by atoms with Crippen LogP contribution in [-0.4, -0.2) is 40.7 Å². The van der Waals surface area contributed by atoms with Gasteiger partial charge in [0, 0.05) is 24.2 Å². The van der Waals surface area contributed by atoms with E-state index >= 15 is 0 Å². The lowest BCUT2D eigenvalue weighted by Gasteiger charge is -2.28. The molecule has 0 saturated carbocycles. The fraction of sp³-hybridized carbons (Fsp3) is 0.500. The Bertz CT molecular complexity index is 848. The summed E-state index contributed by atoms with van der Waals surface area (Å²) in [7, 11) is 0. The van der Waals surface area contributed by atoms with Gasteiger partial charge in [-0.05, 0) is 49.4 Å². The normalized spacial score (nSPS) is 26.7. The van der Waals surface area contributed by atoms with Crippen molar-refractivity contribution in [3.63, 3.8) is 0 Å². The van der Waals surface area contributed by atoms with Crippen molar-refractivity contribution in [2.24, 2.45) is 0 Å². The maximum absolute atomic E-state index is 10.5. The van der Waals surface area contributed by atoms with E-state index in [-0.39, 0.29) is 24.0 Å². The van der Waals surface area contributed by atoms with Gasteiger partial charge < -0.3 is 19.9 Å². The molecule has 2 unspecified atom stereocenters. The average molecular weight is 353 g/mol. The highest BCUT2D eigenvalue weighted by Gasteiger charge is 2.38. The molecule has 2 saturated heterocycles. The van der Waals surface area contributed by atoms with E-state index < -0.39 is 0 Å². The number of phenolic OH excluding ortho intramolecular Hbond substituents is 1. The van der Waals surface area contributed by atoms with E-state index in [1.165, 1.54) is 5.56 Å². The van der Waals surface area contributed by atoms with Crippen LogP contribution in [0.3, 0.4) is 0 Å². The molecule has 0 aliphatic carbocycles. The number of aromatic hydroxyl groups is 1. The number of nitrogens with one attached hydrogen (secondary N) is 1. The lowest BCUT2D eigenvalue weighted by Crippen LogP contribution is -2.26. The molecule has 26 heavy (non-hydrogen) atoms. The predicted molar refractivity (Wildman–Crippen MR) is 97.3 cm³/mol. The van der Waals surface area contributed by atoms with Crippen LogP contribution in [0.4, 0.5) is 5.82 Å². The molecule has 2 bridgehead atoms. The fourth-order valence-corrected chi connectivity index (χ4v) is 4.34. The highest BCUT2D eigenvalue weighted by Crippen LogP contribution is 2.47. The van der Waals surface area contributed by atoms with Crippen LogP contribution in [-0.2, 0) is 15.9 Å². The number of aromatic nitrogens is 2. The van der Waals surface area contributed by atoms with Crippen molar-refractivity contribution in [2.45, 2.75) is 50.9 Å². The predicted octanol–water partition coefficient (Wildman–Crippen LogP) is 3.13. The number of hydrogen-bond acceptors (Lipinski definition) is 6. The lowest BCUT2D eigenvalue weighted by atomic mass is 9.93. The van der Waals surface area contributed by atoms with Crippen LogP contribution >= 0.6 is 0 Å². The molecule has 6 heteroatoms. The molecule has 3 aliphatic rings. The first-order chi connectivity index (χ1) is 12.7. The summed E-state index contributed by atoms with van der Waals surface area (Å²) in [6, 6.07) is 5.98. The summed E-state index contributed by atoms with van der Waals surface area (Å²) in [6.45, 7) is 3.45. The SMILES string of the molecule is Cc1ccc(-c2nnc(N[C@@H]3CCOC3)c3c2CC2CCC3O2)c(O)c1. The minimum absolute atomic E-state index is 0.0652. The number of aryl methyl sites for hydroxylation is 1. The van der Waals surface area contributed by atoms with Gasteiger partial charge in [-0.3, -0.25) is 0 Å². The van der Waals surface area contributed by atoms with Gasteiger partial charge in [-0.1, -0.05) is 6.07 Å². The second kappa shape index (κ2) is 6.21. The minimum atomic E-state index is 0.0652. The van der Waals surface area contributed by atoms with Crippen LogP contribution < -0.4 is 5.32 Å². The van der Waals surface area contributed by atoms with Crippen molar-refractivity contribution in [2.75, 3.05) is 18.5 Å². The number of rotatable bonds is 3. The molecule has 0 spiro atoms. The largest absolute Gasteiger partial charge is 0.507 e. The number of fused-ring (bicyclic) bond motifs is 4. The fourth-order valence-electron chi connectivity index (χ4n) is 4.34.